The van der Waals surface area contributed by atoms with Gasteiger partial charge in [-0.3, -0.25) is 0 Å². The standard InChI is InChI=1S/C26H40NSi/c1-8-20(9-2)22-15-14-19(3)23(16-22)25-17-24(21-12-10-11-13-21)26(18-27(25)4)28(5,6)7/h14-18,20-21H,8-13H2,1-7H3/q+1. The second-order valence-corrected chi connectivity index (χ2v) is 15.0. The maximum atomic E-state index is 2.57. The van der Waals surface area contributed by atoms with E-state index in [0.717, 1.165) is 5.92 Å². The molecule has 1 aliphatic rings. The van der Waals surface area contributed by atoms with Crippen molar-refractivity contribution in [1.82, 2.24) is 0 Å². The molecular formula is C26H40NSi+. The molecule has 0 bridgehead atoms. The third-order valence-electron chi connectivity index (χ3n) is 6.90. The van der Waals surface area contributed by atoms with E-state index >= 15 is 0 Å². The van der Waals surface area contributed by atoms with Gasteiger partial charge < -0.3 is 0 Å². The number of aryl methyl sites for hydroxylation is 2. The number of aromatic nitrogens is 1. The molecule has 1 heterocycles. The molecule has 0 aliphatic heterocycles. The van der Waals surface area contributed by atoms with E-state index in [4.69, 9.17) is 0 Å². The molecular weight excluding hydrogens is 354 g/mol. The number of nitrogens with zero attached hydrogens (tertiary/aromatic N) is 1. The lowest BCUT2D eigenvalue weighted by Gasteiger charge is -2.24. The molecule has 0 saturated heterocycles. The highest BCUT2D eigenvalue weighted by molar-refractivity contribution is 6.89. The number of hydrogen-bond donors (Lipinski definition) is 0. The summed E-state index contributed by atoms with van der Waals surface area (Å²) in [6.45, 7) is 14.4. The Morgan fingerprint density at radius 2 is 1.68 bits per heavy atom. The van der Waals surface area contributed by atoms with Gasteiger partial charge in [0, 0.05) is 16.8 Å². The zero-order valence-electron chi connectivity index (χ0n) is 19.2. The minimum atomic E-state index is -1.38. The van der Waals surface area contributed by atoms with Crippen LogP contribution >= 0.6 is 0 Å². The van der Waals surface area contributed by atoms with Crippen LogP contribution in [-0.2, 0) is 7.05 Å². The second kappa shape index (κ2) is 8.53. The van der Waals surface area contributed by atoms with Crippen LogP contribution in [0.25, 0.3) is 11.3 Å². The highest BCUT2D eigenvalue weighted by atomic mass is 28.3. The molecule has 0 N–H and O–H groups in total. The quantitative estimate of drug-likeness (QED) is 0.384. The minimum absolute atomic E-state index is 0.667. The molecule has 28 heavy (non-hydrogen) atoms. The molecule has 0 radical (unpaired) electrons. The summed E-state index contributed by atoms with van der Waals surface area (Å²) in [4.78, 5) is 0. The van der Waals surface area contributed by atoms with Crippen molar-refractivity contribution in [2.24, 2.45) is 7.05 Å². The summed E-state index contributed by atoms with van der Waals surface area (Å²) in [6.07, 6.45) is 10.5. The van der Waals surface area contributed by atoms with Crippen molar-refractivity contribution in [2.45, 2.75) is 90.8 Å². The lowest BCUT2D eigenvalue weighted by molar-refractivity contribution is -0.659. The predicted molar refractivity (Wildman–Crippen MR) is 125 cm³/mol. The molecule has 2 heteroatoms. The molecule has 1 aliphatic carbocycles. The lowest BCUT2D eigenvalue weighted by atomic mass is 9.89. The summed E-state index contributed by atoms with van der Waals surface area (Å²) >= 11 is 0. The first-order valence-corrected chi connectivity index (χ1v) is 14.9. The van der Waals surface area contributed by atoms with Gasteiger partial charge in [-0.05, 0) is 67.2 Å². The van der Waals surface area contributed by atoms with Crippen LogP contribution in [-0.4, -0.2) is 8.07 Å². The third kappa shape index (κ3) is 4.27. The number of hydrogen-bond acceptors (Lipinski definition) is 0. The Morgan fingerprint density at radius 1 is 1.04 bits per heavy atom. The molecule has 2 aromatic rings. The molecule has 1 saturated carbocycles. The summed E-state index contributed by atoms with van der Waals surface area (Å²) in [5.41, 5.74) is 7.38. The highest BCUT2D eigenvalue weighted by Crippen LogP contribution is 2.36. The highest BCUT2D eigenvalue weighted by Gasteiger charge is 2.31. The van der Waals surface area contributed by atoms with E-state index in [1.807, 2.05) is 0 Å². The van der Waals surface area contributed by atoms with Gasteiger partial charge in [0.05, 0.1) is 8.07 Å². The normalized spacial score (nSPS) is 15.6. The average molecular weight is 395 g/mol. The van der Waals surface area contributed by atoms with E-state index in [1.54, 1.807) is 10.8 Å². The summed E-state index contributed by atoms with van der Waals surface area (Å²) < 4.78 is 2.41. The molecule has 0 unspecified atom stereocenters. The van der Waals surface area contributed by atoms with Crippen LogP contribution in [0.1, 0.15) is 80.9 Å². The fourth-order valence-corrected chi connectivity index (χ4v) is 6.79. The van der Waals surface area contributed by atoms with Crippen LogP contribution in [0.5, 0.6) is 0 Å². The van der Waals surface area contributed by atoms with Crippen molar-refractivity contribution < 1.29 is 4.57 Å². The number of pyridine rings is 1. The molecule has 152 valence electrons. The SMILES string of the molecule is CCC(CC)c1ccc(C)c(-c2cc(C3CCCC3)c([Si](C)(C)C)c[n+]2C)c1. The van der Waals surface area contributed by atoms with Gasteiger partial charge in [0.15, 0.2) is 6.20 Å². The van der Waals surface area contributed by atoms with Crippen molar-refractivity contribution in [2.75, 3.05) is 0 Å². The van der Waals surface area contributed by atoms with E-state index in [-0.39, 0.29) is 0 Å². The van der Waals surface area contributed by atoms with Crippen molar-refractivity contribution in [3.8, 4) is 11.3 Å². The van der Waals surface area contributed by atoms with Gasteiger partial charge in [0.2, 0.25) is 5.69 Å². The summed E-state index contributed by atoms with van der Waals surface area (Å²) in [7, 11) is 0.875. The van der Waals surface area contributed by atoms with Gasteiger partial charge in [-0.2, -0.15) is 0 Å². The van der Waals surface area contributed by atoms with Crippen molar-refractivity contribution >= 4 is 13.3 Å². The van der Waals surface area contributed by atoms with Crippen LogP contribution < -0.4 is 9.75 Å². The molecule has 0 amide bonds. The number of benzene rings is 1. The van der Waals surface area contributed by atoms with Gasteiger partial charge >= 0.3 is 0 Å². The van der Waals surface area contributed by atoms with Gasteiger partial charge in [-0.25, -0.2) is 4.57 Å². The van der Waals surface area contributed by atoms with Crippen molar-refractivity contribution in [3.05, 3.63) is 47.2 Å². The maximum Gasteiger partial charge on any atom is 0.212 e. The molecule has 1 fully saturated rings. The molecule has 1 aromatic heterocycles. The van der Waals surface area contributed by atoms with Crippen LogP contribution in [0.3, 0.4) is 0 Å². The van der Waals surface area contributed by atoms with Crippen LogP contribution in [0, 0.1) is 6.92 Å². The van der Waals surface area contributed by atoms with Crippen molar-refractivity contribution in [3.63, 3.8) is 0 Å². The topological polar surface area (TPSA) is 3.88 Å². The Hall–Kier alpha value is -1.41. The smallest absolute Gasteiger partial charge is 0.201 e. The Labute approximate surface area is 174 Å². The van der Waals surface area contributed by atoms with Gasteiger partial charge in [0.25, 0.3) is 0 Å². The summed E-state index contributed by atoms with van der Waals surface area (Å²) in [6, 6.07) is 9.74. The monoisotopic (exact) mass is 394 g/mol. The predicted octanol–water partition coefficient (Wildman–Crippen LogP) is 6.59. The lowest BCUT2D eigenvalue weighted by Crippen LogP contribution is -2.47. The Morgan fingerprint density at radius 3 is 2.25 bits per heavy atom. The average Bonchev–Trinajstić information content (AvgIpc) is 3.18. The number of rotatable bonds is 6. The van der Waals surface area contributed by atoms with Gasteiger partial charge in [0.1, 0.15) is 7.05 Å². The fraction of sp³-hybridized carbons (Fsp3) is 0.577. The Kier molecular flexibility index (Phi) is 6.49. The second-order valence-electron chi connectivity index (χ2n) is 9.96. The van der Waals surface area contributed by atoms with Crippen molar-refractivity contribution in [1.29, 1.82) is 0 Å². The summed E-state index contributed by atoms with van der Waals surface area (Å²) in [5.74, 6) is 1.43. The van der Waals surface area contributed by atoms with E-state index in [0.29, 0.717) is 5.92 Å². The first kappa shape index (κ1) is 21.3. The summed E-state index contributed by atoms with van der Waals surface area (Å²) in [5, 5.41) is 1.67. The van der Waals surface area contributed by atoms with E-state index in [9.17, 15) is 0 Å². The Bertz CT molecular complexity index is 821. The van der Waals surface area contributed by atoms with Crippen LogP contribution in [0.2, 0.25) is 19.6 Å². The molecule has 0 spiro atoms. The third-order valence-corrected chi connectivity index (χ3v) is 8.94. The molecule has 0 atom stereocenters. The van der Waals surface area contributed by atoms with Crippen LogP contribution in [0.15, 0.2) is 30.5 Å². The first-order chi connectivity index (χ1) is 13.3. The Balaban J connectivity index is 2.17. The van der Waals surface area contributed by atoms with E-state index in [1.165, 1.54) is 60.9 Å². The van der Waals surface area contributed by atoms with E-state index in [2.05, 4.69) is 82.5 Å². The minimum Gasteiger partial charge on any atom is -0.201 e. The molecule has 1 aromatic carbocycles. The van der Waals surface area contributed by atoms with Gasteiger partial charge in [-0.15, -0.1) is 0 Å². The van der Waals surface area contributed by atoms with Crippen LogP contribution in [0.4, 0.5) is 0 Å². The van der Waals surface area contributed by atoms with Gasteiger partial charge in [-0.1, -0.05) is 58.5 Å². The zero-order valence-corrected chi connectivity index (χ0v) is 20.2. The molecule has 3 rings (SSSR count). The first-order valence-electron chi connectivity index (χ1n) is 11.4. The fourth-order valence-electron chi connectivity index (χ4n) is 5.06. The largest absolute Gasteiger partial charge is 0.212 e. The molecule has 1 nitrogen and oxygen atoms in total. The zero-order chi connectivity index (χ0) is 20.5. The maximum absolute atomic E-state index is 2.57. The van der Waals surface area contributed by atoms with E-state index < -0.39 is 8.07 Å².